The Hall–Kier alpha value is -1.80. The lowest BCUT2D eigenvalue weighted by molar-refractivity contribution is -0.120. The highest BCUT2D eigenvalue weighted by atomic mass is 32.2. The van der Waals surface area contributed by atoms with E-state index in [1.807, 2.05) is 0 Å². The number of carbonyl (C=O) groups is 1. The number of benzene rings is 1. The largest absolute Gasteiger partial charge is 0.497 e. The summed E-state index contributed by atoms with van der Waals surface area (Å²) in [6.45, 7) is 2.68. The normalized spacial score (nSPS) is 11.3. The third-order valence-electron chi connectivity index (χ3n) is 3.14. The van der Waals surface area contributed by atoms with Crippen molar-refractivity contribution in [3.8, 4) is 11.5 Å². The summed E-state index contributed by atoms with van der Waals surface area (Å²) in [4.78, 5) is 11.2. The third kappa shape index (κ3) is 7.34. The lowest BCUT2D eigenvalue weighted by atomic mass is 10.3. The van der Waals surface area contributed by atoms with Crippen LogP contribution in [0.3, 0.4) is 0 Å². The SMILES string of the molecule is CCC(=O)NCCN(CCOc1ccc(OC)cc1)S(C)(=O)=O. The zero-order chi connectivity index (χ0) is 17.3. The molecule has 0 aliphatic carbocycles. The van der Waals surface area contributed by atoms with Crippen molar-refractivity contribution in [2.75, 3.05) is 39.6 Å². The molecular weight excluding hydrogens is 320 g/mol. The van der Waals surface area contributed by atoms with Crippen molar-refractivity contribution >= 4 is 15.9 Å². The third-order valence-corrected chi connectivity index (χ3v) is 4.45. The first-order valence-corrected chi connectivity index (χ1v) is 9.20. The molecule has 0 aliphatic rings. The Bertz CT molecular complexity index is 586. The molecule has 0 aromatic heterocycles. The smallest absolute Gasteiger partial charge is 0.219 e. The zero-order valence-electron chi connectivity index (χ0n) is 13.7. The summed E-state index contributed by atoms with van der Waals surface area (Å²) in [6, 6.07) is 7.05. The molecule has 1 aromatic rings. The van der Waals surface area contributed by atoms with Crippen LogP contribution in [-0.2, 0) is 14.8 Å². The van der Waals surface area contributed by atoms with Gasteiger partial charge in [-0.1, -0.05) is 6.92 Å². The second-order valence-electron chi connectivity index (χ2n) is 4.89. The van der Waals surface area contributed by atoms with Crippen molar-refractivity contribution in [2.24, 2.45) is 0 Å². The van der Waals surface area contributed by atoms with Gasteiger partial charge in [0.05, 0.1) is 13.4 Å². The molecule has 0 saturated carbocycles. The second-order valence-corrected chi connectivity index (χ2v) is 6.87. The Balaban J connectivity index is 2.46. The highest BCUT2D eigenvalue weighted by Gasteiger charge is 2.16. The van der Waals surface area contributed by atoms with Crippen molar-refractivity contribution in [2.45, 2.75) is 13.3 Å². The molecule has 1 aromatic carbocycles. The molecule has 8 heteroatoms. The maximum Gasteiger partial charge on any atom is 0.219 e. The quantitative estimate of drug-likeness (QED) is 0.680. The van der Waals surface area contributed by atoms with Crippen molar-refractivity contribution in [1.29, 1.82) is 0 Å². The molecule has 130 valence electrons. The van der Waals surface area contributed by atoms with Crippen LogP contribution in [0.2, 0.25) is 0 Å². The molecule has 0 radical (unpaired) electrons. The predicted molar refractivity (Wildman–Crippen MR) is 88.2 cm³/mol. The van der Waals surface area contributed by atoms with E-state index in [1.165, 1.54) is 4.31 Å². The van der Waals surface area contributed by atoms with Gasteiger partial charge in [0.2, 0.25) is 15.9 Å². The van der Waals surface area contributed by atoms with Gasteiger partial charge in [0.25, 0.3) is 0 Å². The number of ether oxygens (including phenoxy) is 2. The Kier molecular flexibility index (Phi) is 7.84. The molecule has 1 amide bonds. The van der Waals surface area contributed by atoms with Crippen LogP contribution in [-0.4, -0.2) is 58.2 Å². The number of amides is 1. The van der Waals surface area contributed by atoms with Crippen LogP contribution in [0.5, 0.6) is 11.5 Å². The lowest BCUT2D eigenvalue weighted by Gasteiger charge is -2.20. The number of hydrogen-bond donors (Lipinski definition) is 1. The molecule has 23 heavy (non-hydrogen) atoms. The first kappa shape index (κ1) is 19.2. The Morgan fingerprint density at radius 2 is 1.78 bits per heavy atom. The van der Waals surface area contributed by atoms with Crippen LogP contribution in [0, 0.1) is 0 Å². The highest BCUT2D eigenvalue weighted by Crippen LogP contribution is 2.16. The average molecular weight is 344 g/mol. The molecule has 0 bridgehead atoms. The molecule has 7 nitrogen and oxygen atoms in total. The molecule has 1 rings (SSSR count). The minimum atomic E-state index is -3.35. The summed E-state index contributed by atoms with van der Waals surface area (Å²) >= 11 is 0. The fraction of sp³-hybridized carbons (Fsp3) is 0.533. The van der Waals surface area contributed by atoms with E-state index in [-0.39, 0.29) is 32.1 Å². The molecule has 0 aliphatic heterocycles. The average Bonchev–Trinajstić information content (AvgIpc) is 2.52. The monoisotopic (exact) mass is 344 g/mol. The maximum atomic E-state index is 11.7. The lowest BCUT2D eigenvalue weighted by Crippen LogP contribution is -2.40. The summed E-state index contributed by atoms with van der Waals surface area (Å²) in [7, 11) is -1.77. The van der Waals surface area contributed by atoms with E-state index in [4.69, 9.17) is 9.47 Å². The molecule has 0 spiro atoms. The Morgan fingerprint density at radius 1 is 1.17 bits per heavy atom. The minimum absolute atomic E-state index is 0.104. The van der Waals surface area contributed by atoms with Gasteiger partial charge < -0.3 is 14.8 Å². The van der Waals surface area contributed by atoms with Gasteiger partial charge in [0.1, 0.15) is 18.1 Å². The van der Waals surface area contributed by atoms with Crippen molar-refractivity contribution in [3.63, 3.8) is 0 Å². The molecular formula is C15H24N2O5S. The van der Waals surface area contributed by atoms with E-state index in [0.717, 1.165) is 12.0 Å². The Morgan fingerprint density at radius 3 is 2.30 bits per heavy atom. The summed E-state index contributed by atoms with van der Waals surface area (Å²) in [5.41, 5.74) is 0. The van der Waals surface area contributed by atoms with Crippen LogP contribution in [0.25, 0.3) is 0 Å². The van der Waals surface area contributed by atoms with E-state index in [0.29, 0.717) is 12.2 Å². The summed E-state index contributed by atoms with van der Waals surface area (Å²) in [5, 5.41) is 2.66. The van der Waals surface area contributed by atoms with Gasteiger partial charge in [-0.15, -0.1) is 0 Å². The minimum Gasteiger partial charge on any atom is -0.497 e. The zero-order valence-corrected chi connectivity index (χ0v) is 14.6. The first-order valence-electron chi connectivity index (χ1n) is 7.35. The van der Waals surface area contributed by atoms with Gasteiger partial charge in [-0.3, -0.25) is 4.79 Å². The molecule has 0 unspecified atom stereocenters. The highest BCUT2D eigenvalue weighted by molar-refractivity contribution is 7.88. The number of nitrogens with one attached hydrogen (secondary N) is 1. The topological polar surface area (TPSA) is 84.9 Å². The molecule has 0 fully saturated rings. The number of nitrogens with zero attached hydrogens (tertiary/aromatic N) is 1. The van der Waals surface area contributed by atoms with E-state index in [2.05, 4.69) is 5.32 Å². The van der Waals surface area contributed by atoms with Gasteiger partial charge in [0, 0.05) is 26.1 Å². The van der Waals surface area contributed by atoms with Gasteiger partial charge in [-0.05, 0) is 24.3 Å². The van der Waals surface area contributed by atoms with E-state index in [1.54, 1.807) is 38.3 Å². The van der Waals surface area contributed by atoms with Gasteiger partial charge in [0.15, 0.2) is 0 Å². The standard InChI is InChI=1S/C15H24N2O5S/c1-4-15(18)16-9-10-17(23(3,19)20)11-12-22-14-7-5-13(21-2)6-8-14/h5-8H,4,9-12H2,1-3H3,(H,16,18). The Labute approximate surface area is 137 Å². The molecule has 0 atom stereocenters. The number of rotatable bonds is 10. The van der Waals surface area contributed by atoms with Gasteiger partial charge >= 0.3 is 0 Å². The summed E-state index contributed by atoms with van der Waals surface area (Å²) in [6.07, 6.45) is 1.52. The summed E-state index contributed by atoms with van der Waals surface area (Å²) in [5.74, 6) is 1.26. The first-order chi connectivity index (χ1) is 10.9. The van der Waals surface area contributed by atoms with Gasteiger partial charge in [-0.2, -0.15) is 4.31 Å². The number of carbonyl (C=O) groups excluding carboxylic acids is 1. The van der Waals surface area contributed by atoms with Crippen molar-refractivity contribution in [1.82, 2.24) is 9.62 Å². The van der Waals surface area contributed by atoms with Crippen molar-refractivity contribution in [3.05, 3.63) is 24.3 Å². The number of methoxy groups -OCH3 is 1. The van der Waals surface area contributed by atoms with E-state index < -0.39 is 10.0 Å². The molecule has 1 N–H and O–H groups in total. The van der Waals surface area contributed by atoms with Crippen LogP contribution >= 0.6 is 0 Å². The molecule has 0 heterocycles. The maximum absolute atomic E-state index is 11.7. The van der Waals surface area contributed by atoms with Crippen molar-refractivity contribution < 1.29 is 22.7 Å². The van der Waals surface area contributed by atoms with E-state index in [9.17, 15) is 13.2 Å². The van der Waals surface area contributed by atoms with Gasteiger partial charge in [-0.25, -0.2) is 8.42 Å². The second kappa shape index (κ2) is 9.36. The van der Waals surface area contributed by atoms with Crippen LogP contribution in [0.15, 0.2) is 24.3 Å². The van der Waals surface area contributed by atoms with Crippen LogP contribution in [0.1, 0.15) is 13.3 Å². The summed E-state index contributed by atoms with van der Waals surface area (Å²) < 4.78 is 35.4. The fourth-order valence-electron chi connectivity index (χ4n) is 1.83. The molecule has 0 saturated heterocycles. The number of sulfonamides is 1. The predicted octanol–water partition coefficient (Wildman–Crippen LogP) is 0.862. The fourth-order valence-corrected chi connectivity index (χ4v) is 2.65. The van der Waals surface area contributed by atoms with Crippen LogP contribution in [0.4, 0.5) is 0 Å². The number of hydrogen-bond acceptors (Lipinski definition) is 5. The van der Waals surface area contributed by atoms with E-state index >= 15 is 0 Å². The van der Waals surface area contributed by atoms with Crippen LogP contribution < -0.4 is 14.8 Å².